The quantitative estimate of drug-likeness (QED) is 0.825. The van der Waals surface area contributed by atoms with E-state index in [9.17, 15) is 8.42 Å². The van der Waals surface area contributed by atoms with Crippen LogP contribution >= 0.6 is 0 Å². The van der Waals surface area contributed by atoms with E-state index in [-0.39, 0.29) is 5.75 Å². The Morgan fingerprint density at radius 1 is 1.47 bits per heavy atom. The van der Waals surface area contributed by atoms with E-state index in [1.807, 2.05) is 6.92 Å². The molecule has 0 unspecified atom stereocenters. The van der Waals surface area contributed by atoms with Gasteiger partial charge in [-0.05, 0) is 24.6 Å². The highest BCUT2D eigenvalue weighted by molar-refractivity contribution is 7.92. The molecule has 1 aromatic rings. The number of sulfonamides is 1. The molecule has 1 aliphatic rings. The number of nitrogen functional groups attached to an aromatic ring is 1. The molecule has 1 aromatic carbocycles. The second-order valence-corrected chi connectivity index (χ2v) is 5.98. The van der Waals surface area contributed by atoms with Crippen LogP contribution in [0.2, 0.25) is 0 Å². The lowest BCUT2D eigenvalue weighted by Gasteiger charge is -2.30. The third-order valence-corrected chi connectivity index (χ3v) is 4.58. The Labute approximate surface area is 101 Å². The highest BCUT2D eigenvalue weighted by atomic mass is 32.2. The first-order chi connectivity index (χ1) is 8.04. The molecule has 1 aliphatic heterocycles. The molecule has 2 N–H and O–H groups in total. The van der Waals surface area contributed by atoms with Crippen LogP contribution in [0.25, 0.3) is 0 Å². The SMILES string of the molecule is CCCS(=O)(=O)N1CCOc2ccc(N)cc21. The molecule has 0 spiro atoms. The lowest BCUT2D eigenvalue weighted by atomic mass is 10.2. The van der Waals surface area contributed by atoms with E-state index in [2.05, 4.69) is 0 Å². The van der Waals surface area contributed by atoms with Crippen molar-refractivity contribution < 1.29 is 13.2 Å². The third-order valence-electron chi connectivity index (χ3n) is 2.60. The van der Waals surface area contributed by atoms with Gasteiger partial charge in [0.15, 0.2) is 0 Å². The molecule has 0 radical (unpaired) electrons. The number of ether oxygens (including phenoxy) is 1. The zero-order valence-corrected chi connectivity index (χ0v) is 10.5. The Hall–Kier alpha value is -1.43. The first-order valence-corrected chi connectivity index (χ1v) is 7.18. The zero-order valence-electron chi connectivity index (χ0n) is 9.72. The minimum absolute atomic E-state index is 0.140. The predicted octanol–water partition coefficient (Wildman–Crippen LogP) is 1.21. The van der Waals surface area contributed by atoms with Crippen LogP contribution in [0.4, 0.5) is 11.4 Å². The molecule has 1 heterocycles. The highest BCUT2D eigenvalue weighted by Gasteiger charge is 2.27. The van der Waals surface area contributed by atoms with Crippen LogP contribution < -0.4 is 14.8 Å². The molecular formula is C11H16N2O3S. The zero-order chi connectivity index (χ0) is 12.5. The van der Waals surface area contributed by atoms with Crippen LogP contribution in [0.15, 0.2) is 18.2 Å². The molecule has 17 heavy (non-hydrogen) atoms. The molecule has 0 saturated heterocycles. The van der Waals surface area contributed by atoms with Crippen molar-refractivity contribution in [2.75, 3.05) is 28.9 Å². The number of hydrogen-bond donors (Lipinski definition) is 1. The lowest BCUT2D eigenvalue weighted by Crippen LogP contribution is -2.39. The second kappa shape index (κ2) is 4.44. The van der Waals surface area contributed by atoms with Crippen molar-refractivity contribution in [2.24, 2.45) is 0 Å². The highest BCUT2D eigenvalue weighted by Crippen LogP contribution is 2.35. The number of nitrogens with two attached hydrogens (primary N) is 1. The summed E-state index contributed by atoms with van der Waals surface area (Å²) in [6, 6.07) is 5.05. The molecule has 0 saturated carbocycles. The minimum atomic E-state index is -3.27. The van der Waals surface area contributed by atoms with Gasteiger partial charge in [0.2, 0.25) is 10.0 Å². The summed E-state index contributed by atoms with van der Waals surface area (Å²) in [6.45, 7) is 2.57. The van der Waals surface area contributed by atoms with Gasteiger partial charge < -0.3 is 10.5 Å². The summed E-state index contributed by atoms with van der Waals surface area (Å²) in [4.78, 5) is 0. The molecule has 0 atom stereocenters. The number of benzene rings is 1. The molecule has 0 aromatic heterocycles. The Morgan fingerprint density at radius 3 is 2.94 bits per heavy atom. The fourth-order valence-electron chi connectivity index (χ4n) is 1.87. The van der Waals surface area contributed by atoms with Crippen molar-refractivity contribution in [3.8, 4) is 5.75 Å². The van der Waals surface area contributed by atoms with E-state index in [1.165, 1.54) is 4.31 Å². The van der Waals surface area contributed by atoms with Crippen molar-refractivity contribution in [2.45, 2.75) is 13.3 Å². The Balaban J connectivity index is 2.44. The van der Waals surface area contributed by atoms with Crippen LogP contribution in [0.3, 0.4) is 0 Å². The molecule has 6 heteroatoms. The fraction of sp³-hybridized carbons (Fsp3) is 0.455. The number of anilines is 2. The maximum Gasteiger partial charge on any atom is 0.235 e. The van der Waals surface area contributed by atoms with Crippen molar-refractivity contribution in [1.29, 1.82) is 0 Å². The van der Waals surface area contributed by atoms with E-state index in [0.717, 1.165) is 0 Å². The Morgan fingerprint density at radius 2 is 2.24 bits per heavy atom. The van der Waals surface area contributed by atoms with Crippen LogP contribution in [0, 0.1) is 0 Å². The lowest BCUT2D eigenvalue weighted by molar-refractivity contribution is 0.316. The summed E-state index contributed by atoms with van der Waals surface area (Å²) in [6.07, 6.45) is 0.595. The van der Waals surface area contributed by atoms with E-state index in [1.54, 1.807) is 18.2 Å². The maximum absolute atomic E-state index is 12.1. The molecule has 2 rings (SSSR count). The van der Waals surface area contributed by atoms with Gasteiger partial charge in [-0.3, -0.25) is 4.31 Å². The first kappa shape index (κ1) is 12.0. The van der Waals surface area contributed by atoms with Crippen molar-refractivity contribution in [1.82, 2.24) is 0 Å². The number of rotatable bonds is 3. The van der Waals surface area contributed by atoms with E-state index >= 15 is 0 Å². The molecule has 0 aliphatic carbocycles. The van der Waals surface area contributed by atoms with Gasteiger partial charge in [-0.25, -0.2) is 8.42 Å². The fourth-order valence-corrected chi connectivity index (χ4v) is 3.40. The Bertz CT molecular complexity index is 513. The average Bonchev–Trinajstić information content (AvgIpc) is 2.28. The van der Waals surface area contributed by atoms with Gasteiger partial charge in [0.1, 0.15) is 12.4 Å². The summed E-state index contributed by atoms with van der Waals surface area (Å²) < 4.78 is 31.0. The minimum Gasteiger partial charge on any atom is -0.489 e. The van der Waals surface area contributed by atoms with E-state index in [4.69, 9.17) is 10.5 Å². The molecular weight excluding hydrogens is 240 g/mol. The molecule has 5 nitrogen and oxygen atoms in total. The van der Waals surface area contributed by atoms with Crippen LogP contribution in [-0.4, -0.2) is 27.3 Å². The number of nitrogens with zero attached hydrogens (tertiary/aromatic N) is 1. The molecule has 0 amide bonds. The van der Waals surface area contributed by atoms with Crippen molar-refractivity contribution in [3.63, 3.8) is 0 Å². The second-order valence-electron chi connectivity index (χ2n) is 3.96. The predicted molar refractivity (Wildman–Crippen MR) is 67.8 cm³/mol. The van der Waals surface area contributed by atoms with Crippen molar-refractivity contribution in [3.05, 3.63) is 18.2 Å². The summed E-state index contributed by atoms with van der Waals surface area (Å²) in [5.41, 5.74) is 6.76. The topological polar surface area (TPSA) is 72.6 Å². The van der Waals surface area contributed by atoms with Gasteiger partial charge in [0.25, 0.3) is 0 Å². The Kier molecular flexibility index (Phi) is 3.15. The third kappa shape index (κ3) is 2.31. The summed E-state index contributed by atoms with van der Waals surface area (Å²) in [5, 5.41) is 0. The van der Waals surface area contributed by atoms with Gasteiger partial charge in [-0.2, -0.15) is 0 Å². The molecule has 0 fully saturated rings. The normalized spacial score (nSPS) is 15.2. The first-order valence-electron chi connectivity index (χ1n) is 5.57. The van der Waals surface area contributed by atoms with Crippen LogP contribution in [0.5, 0.6) is 5.75 Å². The summed E-state index contributed by atoms with van der Waals surface area (Å²) >= 11 is 0. The number of hydrogen-bond acceptors (Lipinski definition) is 4. The average molecular weight is 256 g/mol. The van der Waals surface area contributed by atoms with Crippen LogP contribution in [0.1, 0.15) is 13.3 Å². The maximum atomic E-state index is 12.1. The van der Waals surface area contributed by atoms with Gasteiger partial charge >= 0.3 is 0 Å². The monoisotopic (exact) mass is 256 g/mol. The number of fused-ring (bicyclic) bond motifs is 1. The standard InChI is InChI=1S/C11H16N2O3S/c1-2-7-17(14,15)13-5-6-16-11-4-3-9(12)8-10(11)13/h3-4,8H,2,5-7,12H2,1H3. The molecule has 0 bridgehead atoms. The van der Waals surface area contributed by atoms with Gasteiger partial charge in [-0.1, -0.05) is 6.92 Å². The largest absolute Gasteiger partial charge is 0.489 e. The van der Waals surface area contributed by atoms with Gasteiger partial charge in [-0.15, -0.1) is 0 Å². The van der Waals surface area contributed by atoms with E-state index in [0.29, 0.717) is 36.7 Å². The summed E-state index contributed by atoms with van der Waals surface area (Å²) in [5.74, 6) is 0.714. The summed E-state index contributed by atoms with van der Waals surface area (Å²) in [7, 11) is -3.27. The van der Waals surface area contributed by atoms with Gasteiger partial charge in [0.05, 0.1) is 18.0 Å². The van der Waals surface area contributed by atoms with Crippen LogP contribution in [-0.2, 0) is 10.0 Å². The smallest absolute Gasteiger partial charge is 0.235 e. The van der Waals surface area contributed by atoms with E-state index < -0.39 is 10.0 Å². The van der Waals surface area contributed by atoms with Gasteiger partial charge in [0, 0.05) is 5.69 Å². The molecule has 94 valence electrons. The van der Waals surface area contributed by atoms with Crippen molar-refractivity contribution >= 4 is 21.4 Å².